The molecule has 0 aliphatic rings. The number of halogens is 3. The summed E-state index contributed by atoms with van der Waals surface area (Å²) in [6.45, 7) is 9.74. The van der Waals surface area contributed by atoms with Crippen molar-refractivity contribution >= 4 is 0 Å². The molecule has 2 atom stereocenters. The second kappa shape index (κ2) is 6.79. The van der Waals surface area contributed by atoms with E-state index >= 15 is 0 Å². The standard InChI is InChI=1S/C16H25F3N2/c1-5-15(4,21(6-2)7-3)14(20)12-9-8-10-13(11-12)16(17,18)19/h8-11,14H,5-7,20H2,1-4H3. The molecule has 1 aromatic rings. The Morgan fingerprint density at radius 3 is 2.14 bits per heavy atom. The second-order valence-corrected chi connectivity index (χ2v) is 5.48. The van der Waals surface area contributed by atoms with Gasteiger partial charge in [0.2, 0.25) is 0 Å². The van der Waals surface area contributed by atoms with Gasteiger partial charge in [0.15, 0.2) is 0 Å². The second-order valence-electron chi connectivity index (χ2n) is 5.48. The molecule has 0 amide bonds. The first-order chi connectivity index (χ1) is 9.70. The van der Waals surface area contributed by atoms with E-state index < -0.39 is 17.8 Å². The summed E-state index contributed by atoms with van der Waals surface area (Å²) >= 11 is 0. The Hall–Kier alpha value is -1.07. The molecule has 0 fully saturated rings. The Bertz CT molecular complexity index is 455. The van der Waals surface area contributed by atoms with Gasteiger partial charge in [0.05, 0.1) is 5.56 Å². The maximum atomic E-state index is 12.8. The van der Waals surface area contributed by atoms with Crippen LogP contribution in [0.5, 0.6) is 0 Å². The summed E-state index contributed by atoms with van der Waals surface area (Å²) in [4.78, 5) is 2.21. The number of rotatable bonds is 6. The average molecular weight is 302 g/mol. The van der Waals surface area contributed by atoms with Crippen LogP contribution in [-0.2, 0) is 6.18 Å². The summed E-state index contributed by atoms with van der Waals surface area (Å²) in [5, 5.41) is 0. The lowest BCUT2D eigenvalue weighted by molar-refractivity contribution is -0.137. The predicted molar refractivity (Wildman–Crippen MR) is 80.0 cm³/mol. The molecule has 0 saturated heterocycles. The molecule has 120 valence electrons. The van der Waals surface area contributed by atoms with Crippen LogP contribution in [0.15, 0.2) is 24.3 Å². The lowest BCUT2D eigenvalue weighted by atomic mass is 9.83. The van der Waals surface area contributed by atoms with E-state index in [-0.39, 0.29) is 5.54 Å². The summed E-state index contributed by atoms with van der Waals surface area (Å²) in [6.07, 6.45) is -3.57. The molecule has 5 heteroatoms. The summed E-state index contributed by atoms with van der Waals surface area (Å²) in [7, 11) is 0. The Morgan fingerprint density at radius 1 is 1.14 bits per heavy atom. The van der Waals surface area contributed by atoms with Crippen molar-refractivity contribution in [2.75, 3.05) is 13.1 Å². The van der Waals surface area contributed by atoms with E-state index in [0.29, 0.717) is 5.56 Å². The molecule has 0 heterocycles. The minimum atomic E-state index is -4.34. The first kappa shape index (κ1) is 18.0. The Labute approximate surface area is 125 Å². The molecule has 21 heavy (non-hydrogen) atoms. The van der Waals surface area contributed by atoms with E-state index in [1.54, 1.807) is 6.07 Å². The lowest BCUT2D eigenvalue weighted by Crippen LogP contribution is -2.53. The van der Waals surface area contributed by atoms with Crippen molar-refractivity contribution in [1.82, 2.24) is 4.90 Å². The Morgan fingerprint density at radius 2 is 1.71 bits per heavy atom. The molecule has 0 spiro atoms. The van der Waals surface area contributed by atoms with Crippen LogP contribution in [0, 0.1) is 0 Å². The van der Waals surface area contributed by atoms with Crippen LogP contribution in [0.1, 0.15) is 51.3 Å². The Kier molecular flexibility index (Phi) is 5.82. The van der Waals surface area contributed by atoms with Gasteiger partial charge in [0.1, 0.15) is 0 Å². The van der Waals surface area contributed by atoms with Gasteiger partial charge < -0.3 is 5.73 Å². The molecule has 2 N–H and O–H groups in total. The van der Waals surface area contributed by atoms with Gasteiger partial charge in [-0.3, -0.25) is 4.90 Å². The third kappa shape index (κ3) is 3.77. The number of nitrogens with two attached hydrogens (primary N) is 1. The molecule has 0 aliphatic carbocycles. The van der Waals surface area contributed by atoms with Crippen molar-refractivity contribution < 1.29 is 13.2 Å². The molecule has 0 bridgehead atoms. The van der Waals surface area contributed by atoms with E-state index in [1.165, 1.54) is 12.1 Å². The van der Waals surface area contributed by atoms with Crippen molar-refractivity contribution in [3.63, 3.8) is 0 Å². The maximum Gasteiger partial charge on any atom is 0.416 e. The van der Waals surface area contributed by atoms with Gasteiger partial charge in [-0.05, 0) is 44.1 Å². The highest BCUT2D eigenvalue weighted by Crippen LogP contribution is 2.35. The zero-order valence-corrected chi connectivity index (χ0v) is 13.2. The molecule has 0 saturated carbocycles. The van der Waals surface area contributed by atoms with Gasteiger partial charge in [-0.1, -0.05) is 32.9 Å². The van der Waals surface area contributed by atoms with Gasteiger partial charge in [-0.25, -0.2) is 0 Å². The van der Waals surface area contributed by atoms with Gasteiger partial charge in [0.25, 0.3) is 0 Å². The minimum absolute atomic E-state index is 0.367. The van der Waals surface area contributed by atoms with Crippen LogP contribution in [0.3, 0.4) is 0 Å². The molecule has 2 nitrogen and oxygen atoms in total. The van der Waals surface area contributed by atoms with Gasteiger partial charge >= 0.3 is 6.18 Å². The highest BCUT2D eigenvalue weighted by atomic mass is 19.4. The topological polar surface area (TPSA) is 29.3 Å². The molecule has 1 aromatic carbocycles. The van der Waals surface area contributed by atoms with E-state index in [9.17, 15) is 13.2 Å². The van der Waals surface area contributed by atoms with Gasteiger partial charge in [-0.2, -0.15) is 13.2 Å². The van der Waals surface area contributed by atoms with Crippen LogP contribution in [-0.4, -0.2) is 23.5 Å². The zero-order valence-electron chi connectivity index (χ0n) is 13.2. The first-order valence-corrected chi connectivity index (χ1v) is 7.38. The maximum absolute atomic E-state index is 12.8. The van der Waals surface area contributed by atoms with E-state index in [2.05, 4.69) is 4.90 Å². The fourth-order valence-corrected chi connectivity index (χ4v) is 2.85. The third-order valence-electron chi connectivity index (χ3n) is 4.44. The monoisotopic (exact) mass is 302 g/mol. The van der Waals surface area contributed by atoms with Crippen LogP contribution < -0.4 is 5.73 Å². The number of hydrogen-bond donors (Lipinski definition) is 1. The number of nitrogens with zero attached hydrogens (tertiary/aromatic N) is 1. The number of likely N-dealkylation sites (N-methyl/N-ethyl adjacent to an activating group) is 1. The summed E-state index contributed by atoms with van der Waals surface area (Å²) in [6, 6.07) is 4.89. The Balaban J connectivity index is 3.19. The fourth-order valence-electron chi connectivity index (χ4n) is 2.85. The first-order valence-electron chi connectivity index (χ1n) is 7.38. The summed E-state index contributed by atoms with van der Waals surface area (Å²) in [5.74, 6) is 0. The normalized spacial score (nSPS) is 16.8. The van der Waals surface area contributed by atoms with Gasteiger partial charge in [0, 0.05) is 11.6 Å². The number of hydrogen-bond acceptors (Lipinski definition) is 2. The zero-order chi connectivity index (χ0) is 16.3. The molecular formula is C16H25F3N2. The van der Waals surface area contributed by atoms with Crippen LogP contribution in [0.4, 0.5) is 13.2 Å². The van der Waals surface area contributed by atoms with E-state index in [4.69, 9.17) is 5.73 Å². The van der Waals surface area contributed by atoms with Crippen molar-refractivity contribution in [3.8, 4) is 0 Å². The number of alkyl halides is 3. The molecule has 2 unspecified atom stereocenters. The van der Waals surface area contributed by atoms with Gasteiger partial charge in [-0.15, -0.1) is 0 Å². The fraction of sp³-hybridized carbons (Fsp3) is 0.625. The smallest absolute Gasteiger partial charge is 0.322 e. The van der Waals surface area contributed by atoms with Crippen LogP contribution in [0.25, 0.3) is 0 Å². The average Bonchev–Trinajstić information content (AvgIpc) is 2.46. The van der Waals surface area contributed by atoms with Crippen molar-refractivity contribution in [3.05, 3.63) is 35.4 Å². The molecular weight excluding hydrogens is 277 g/mol. The highest BCUT2D eigenvalue weighted by molar-refractivity contribution is 5.30. The van der Waals surface area contributed by atoms with Crippen LogP contribution in [0.2, 0.25) is 0 Å². The SMILES string of the molecule is CCN(CC)C(C)(CC)C(N)c1cccc(C(F)(F)F)c1. The van der Waals surface area contributed by atoms with Crippen molar-refractivity contribution in [1.29, 1.82) is 0 Å². The third-order valence-corrected chi connectivity index (χ3v) is 4.44. The summed E-state index contributed by atoms with van der Waals surface area (Å²) in [5.41, 5.74) is 5.86. The van der Waals surface area contributed by atoms with E-state index in [1.807, 2.05) is 27.7 Å². The largest absolute Gasteiger partial charge is 0.416 e. The molecule has 0 aliphatic heterocycles. The number of benzene rings is 1. The van der Waals surface area contributed by atoms with Crippen LogP contribution >= 0.6 is 0 Å². The summed E-state index contributed by atoms with van der Waals surface area (Å²) < 4.78 is 38.5. The minimum Gasteiger partial charge on any atom is -0.322 e. The molecule has 1 rings (SSSR count). The quantitative estimate of drug-likeness (QED) is 0.852. The van der Waals surface area contributed by atoms with Crippen molar-refractivity contribution in [2.24, 2.45) is 5.73 Å². The highest BCUT2D eigenvalue weighted by Gasteiger charge is 2.37. The van der Waals surface area contributed by atoms with E-state index in [0.717, 1.165) is 25.6 Å². The lowest BCUT2D eigenvalue weighted by Gasteiger charge is -2.44. The molecule has 0 radical (unpaired) electrons. The predicted octanol–water partition coefficient (Wildman–Crippen LogP) is 4.22. The molecule has 0 aromatic heterocycles. The van der Waals surface area contributed by atoms with Crippen molar-refractivity contribution in [2.45, 2.75) is 51.9 Å².